The van der Waals surface area contributed by atoms with E-state index in [0.717, 1.165) is 18.4 Å². The van der Waals surface area contributed by atoms with Crippen molar-refractivity contribution < 1.29 is 4.74 Å². The number of hydrogen-bond donors (Lipinski definition) is 1. The van der Waals surface area contributed by atoms with E-state index < -0.39 is 0 Å². The molecule has 0 aromatic carbocycles. The molecule has 2 saturated carbocycles. The molecule has 2 aliphatic carbocycles. The van der Waals surface area contributed by atoms with Crippen LogP contribution in [0.4, 0.5) is 0 Å². The van der Waals surface area contributed by atoms with Crippen molar-refractivity contribution in [2.45, 2.75) is 89.7 Å². The zero-order chi connectivity index (χ0) is 14.2. The Labute approximate surface area is 126 Å². The second kappa shape index (κ2) is 9.04. The molecule has 0 aliphatic heterocycles. The molecule has 2 nitrogen and oxygen atoms in total. The van der Waals surface area contributed by atoms with Crippen LogP contribution in [0.3, 0.4) is 0 Å². The summed E-state index contributed by atoms with van der Waals surface area (Å²) in [6, 6.07) is 0.600. The third-order valence-corrected chi connectivity index (χ3v) is 5.53. The highest BCUT2D eigenvalue weighted by atomic mass is 16.5. The minimum Gasteiger partial charge on any atom is -0.380 e. The summed E-state index contributed by atoms with van der Waals surface area (Å²) in [6.45, 7) is 3.42. The minimum absolute atomic E-state index is 0.449. The van der Waals surface area contributed by atoms with E-state index in [-0.39, 0.29) is 0 Å². The van der Waals surface area contributed by atoms with Gasteiger partial charge in [0.2, 0.25) is 0 Å². The topological polar surface area (TPSA) is 21.3 Å². The van der Waals surface area contributed by atoms with E-state index in [1.807, 2.05) is 7.11 Å². The second-order valence-electron chi connectivity index (χ2n) is 6.98. The lowest BCUT2D eigenvalue weighted by Crippen LogP contribution is -2.50. The first-order chi connectivity index (χ1) is 9.86. The molecule has 2 rings (SSSR count). The lowest BCUT2D eigenvalue weighted by Gasteiger charge is -2.40. The molecule has 20 heavy (non-hydrogen) atoms. The lowest BCUT2D eigenvalue weighted by molar-refractivity contribution is -0.0128. The third-order valence-electron chi connectivity index (χ3n) is 5.53. The van der Waals surface area contributed by atoms with E-state index in [0.29, 0.717) is 12.1 Å². The van der Waals surface area contributed by atoms with Gasteiger partial charge in [0.1, 0.15) is 0 Å². The Kier molecular flexibility index (Phi) is 7.37. The van der Waals surface area contributed by atoms with Crippen molar-refractivity contribution in [3.05, 3.63) is 0 Å². The van der Waals surface area contributed by atoms with Crippen LogP contribution in [0.5, 0.6) is 0 Å². The van der Waals surface area contributed by atoms with Crippen LogP contribution in [0.25, 0.3) is 0 Å². The molecule has 118 valence electrons. The van der Waals surface area contributed by atoms with E-state index in [1.54, 1.807) is 0 Å². The van der Waals surface area contributed by atoms with Crippen LogP contribution in [0.1, 0.15) is 77.6 Å². The molecular weight excluding hydrogens is 246 g/mol. The molecule has 2 heteroatoms. The van der Waals surface area contributed by atoms with Gasteiger partial charge < -0.3 is 10.1 Å². The first kappa shape index (κ1) is 16.3. The SMILES string of the molecule is CCCNC(C1CCCCC1)C(OC)C1CCCCC1. The van der Waals surface area contributed by atoms with Gasteiger partial charge in [-0.1, -0.05) is 45.4 Å². The quantitative estimate of drug-likeness (QED) is 0.740. The fourth-order valence-corrected chi connectivity index (χ4v) is 4.45. The van der Waals surface area contributed by atoms with Gasteiger partial charge in [0, 0.05) is 13.2 Å². The number of nitrogens with one attached hydrogen (secondary N) is 1. The highest BCUT2D eigenvalue weighted by Gasteiger charge is 2.35. The van der Waals surface area contributed by atoms with E-state index in [4.69, 9.17) is 4.74 Å². The molecule has 0 radical (unpaired) electrons. The van der Waals surface area contributed by atoms with Gasteiger partial charge >= 0.3 is 0 Å². The van der Waals surface area contributed by atoms with E-state index in [1.165, 1.54) is 70.6 Å². The van der Waals surface area contributed by atoms with Gasteiger partial charge in [-0.15, -0.1) is 0 Å². The van der Waals surface area contributed by atoms with Crippen molar-refractivity contribution in [2.75, 3.05) is 13.7 Å². The molecule has 0 aromatic heterocycles. The first-order valence-electron chi connectivity index (χ1n) is 9.13. The van der Waals surface area contributed by atoms with Crippen LogP contribution in [-0.2, 0) is 4.74 Å². The normalized spacial score (nSPS) is 25.5. The average molecular weight is 281 g/mol. The maximum Gasteiger partial charge on any atom is 0.0755 e. The summed E-state index contributed by atoms with van der Waals surface area (Å²) in [5.41, 5.74) is 0. The van der Waals surface area contributed by atoms with Crippen molar-refractivity contribution in [3.8, 4) is 0 Å². The van der Waals surface area contributed by atoms with E-state index in [9.17, 15) is 0 Å². The van der Waals surface area contributed by atoms with Crippen LogP contribution in [-0.4, -0.2) is 25.8 Å². The Morgan fingerprint density at radius 2 is 1.45 bits per heavy atom. The third kappa shape index (κ3) is 4.46. The largest absolute Gasteiger partial charge is 0.380 e. The average Bonchev–Trinajstić information content (AvgIpc) is 2.53. The number of hydrogen-bond acceptors (Lipinski definition) is 2. The van der Waals surface area contributed by atoms with Gasteiger partial charge in [0.05, 0.1) is 6.10 Å². The van der Waals surface area contributed by atoms with Crippen molar-refractivity contribution in [1.82, 2.24) is 5.32 Å². The molecule has 0 bridgehead atoms. The zero-order valence-electron chi connectivity index (χ0n) is 13.7. The Balaban J connectivity index is 2.00. The Morgan fingerprint density at radius 3 is 1.95 bits per heavy atom. The second-order valence-corrected chi connectivity index (χ2v) is 6.98. The summed E-state index contributed by atoms with van der Waals surface area (Å²) in [7, 11) is 1.95. The molecule has 2 atom stereocenters. The summed E-state index contributed by atoms with van der Waals surface area (Å²) in [5.74, 6) is 1.65. The van der Waals surface area contributed by atoms with Crippen LogP contribution < -0.4 is 5.32 Å². The predicted octanol–water partition coefficient (Wildman–Crippen LogP) is 4.53. The first-order valence-corrected chi connectivity index (χ1v) is 9.13. The number of ether oxygens (including phenoxy) is 1. The van der Waals surface area contributed by atoms with E-state index >= 15 is 0 Å². The van der Waals surface area contributed by atoms with Gasteiger partial charge in [0.15, 0.2) is 0 Å². The zero-order valence-corrected chi connectivity index (χ0v) is 13.7. The highest BCUT2D eigenvalue weighted by molar-refractivity contribution is 4.90. The van der Waals surface area contributed by atoms with E-state index in [2.05, 4.69) is 12.2 Å². The maximum absolute atomic E-state index is 6.04. The van der Waals surface area contributed by atoms with Gasteiger partial charge in [-0.05, 0) is 50.5 Å². The summed E-state index contributed by atoms with van der Waals surface area (Å²) >= 11 is 0. The Bertz CT molecular complexity index is 244. The molecular formula is C18H35NO. The van der Waals surface area contributed by atoms with Crippen LogP contribution >= 0.6 is 0 Å². The van der Waals surface area contributed by atoms with Crippen LogP contribution in [0, 0.1) is 11.8 Å². The monoisotopic (exact) mass is 281 g/mol. The van der Waals surface area contributed by atoms with Crippen molar-refractivity contribution in [2.24, 2.45) is 11.8 Å². The summed E-state index contributed by atoms with van der Waals surface area (Å²) < 4.78 is 6.04. The molecule has 2 unspecified atom stereocenters. The fourth-order valence-electron chi connectivity index (χ4n) is 4.45. The summed E-state index contributed by atoms with van der Waals surface area (Å²) in [5, 5.41) is 3.86. The molecule has 2 aliphatic rings. The molecule has 1 N–H and O–H groups in total. The molecule has 0 aromatic rings. The number of methoxy groups -OCH3 is 1. The molecule has 0 heterocycles. The molecule has 0 spiro atoms. The Hall–Kier alpha value is -0.0800. The maximum atomic E-state index is 6.04. The fraction of sp³-hybridized carbons (Fsp3) is 1.00. The van der Waals surface area contributed by atoms with Crippen molar-refractivity contribution in [3.63, 3.8) is 0 Å². The minimum atomic E-state index is 0.449. The molecule has 2 fully saturated rings. The predicted molar refractivity (Wildman–Crippen MR) is 86.0 cm³/mol. The Morgan fingerprint density at radius 1 is 0.900 bits per heavy atom. The van der Waals surface area contributed by atoms with Crippen molar-refractivity contribution >= 4 is 0 Å². The van der Waals surface area contributed by atoms with Gasteiger partial charge in [0.25, 0.3) is 0 Å². The van der Waals surface area contributed by atoms with Gasteiger partial charge in [-0.2, -0.15) is 0 Å². The number of rotatable bonds is 7. The molecule has 0 amide bonds. The van der Waals surface area contributed by atoms with Crippen molar-refractivity contribution in [1.29, 1.82) is 0 Å². The highest BCUT2D eigenvalue weighted by Crippen LogP contribution is 2.35. The smallest absolute Gasteiger partial charge is 0.0755 e. The molecule has 0 saturated heterocycles. The summed E-state index contributed by atoms with van der Waals surface area (Å²) in [4.78, 5) is 0. The standard InChI is InChI=1S/C18H35NO/c1-3-14-19-17(15-10-6-4-7-11-15)18(20-2)16-12-8-5-9-13-16/h15-19H,3-14H2,1-2H3. The van der Waals surface area contributed by atoms with Gasteiger partial charge in [-0.3, -0.25) is 0 Å². The van der Waals surface area contributed by atoms with Crippen LogP contribution in [0.2, 0.25) is 0 Å². The lowest BCUT2D eigenvalue weighted by atomic mass is 9.75. The van der Waals surface area contributed by atoms with Gasteiger partial charge in [-0.25, -0.2) is 0 Å². The summed E-state index contributed by atoms with van der Waals surface area (Å²) in [6.07, 6.45) is 15.8. The van der Waals surface area contributed by atoms with Crippen LogP contribution in [0.15, 0.2) is 0 Å².